The van der Waals surface area contributed by atoms with Crippen LogP contribution in [-0.4, -0.2) is 56.2 Å². The molecule has 3 fully saturated rings. The van der Waals surface area contributed by atoms with E-state index < -0.39 is 10.1 Å². The van der Waals surface area contributed by atoms with Crippen molar-refractivity contribution >= 4 is 16.0 Å². The maximum absolute atomic E-state index is 12.4. The van der Waals surface area contributed by atoms with Gasteiger partial charge in [-0.2, -0.15) is 8.42 Å². The highest BCUT2D eigenvalue weighted by molar-refractivity contribution is 7.85. The molecule has 6 rings (SSSR count). The van der Waals surface area contributed by atoms with Gasteiger partial charge in [-0.1, -0.05) is 17.7 Å². The fourth-order valence-corrected chi connectivity index (χ4v) is 4.61. The van der Waals surface area contributed by atoms with Crippen molar-refractivity contribution < 1.29 is 27.2 Å². The lowest BCUT2D eigenvalue weighted by atomic mass is 9.84. The van der Waals surface area contributed by atoms with E-state index in [4.69, 9.17) is 14.0 Å². The molecular weight excluding hydrogens is 420 g/mol. The Morgan fingerprint density at radius 3 is 2.35 bits per heavy atom. The van der Waals surface area contributed by atoms with Gasteiger partial charge in [0.15, 0.2) is 11.5 Å². The SMILES string of the molecule is Cc1ccc(S(=O)(=O)O)cc1.O=C(N[C@H]1CN2CCC1CC2)c1ccc2c(c1)OCO2. The number of nitrogens with one attached hydrogen (secondary N) is 1. The molecule has 3 saturated heterocycles. The number of benzene rings is 2. The van der Waals surface area contributed by atoms with Gasteiger partial charge in [-0.3, -0.25) is 9.35 Å². The van der Waals surface area contributed by atoms with E-state index in [-0.39, 0.29) is 23.6 Å². The summed E-state index contributed by atoms with van der Waals surface area (Å²) < 4.78 is 40.1. The Hall–Kier alpha value is -2.62. The second kappa shape index (κ2) is 8.86. The highest BCUT2D eigenvalue weighted by Crippen LogP contribution is 2.33. The second-order valence-electron chi connectivity index (χ2n) is 8.07. The zero-order valence-electron chi connectivity index (χ0n) is 17.3. The molecule has 166 valence electrons. The van der Waals surface area contributed by atoms with Crippen LogP contribution in [0.15, 0.2) is 47.4 Å². The molecule has 9 heteroatoms. The average Bonchev–Trinajstić information content (AvgIpc) is 3.23. The van der Waals surface area contributed by atoms with Crippen LogP contribution in [0.5, 0.6) is 11.5 Å². The lowest BCUT2D eigenvalue weighted by molar-refractivity contribution is 0.0620. The maximum atomic E-state index is 12.4. The second-order valence-corrected chi connectivity index (χ2v) is 9.50. The highest BCUT2D eigenvalue weighted by atomic mass is 32.2. The molecule has 0 saturated carbocycles. The number of piperidine rings is 3. The van der Waals surface area contributed by atoms with Gasteiger partial charge in [0.05, 0.1) is 4.90 Å². The van der Waals surface area contributed by atoms with Crippen molar-refractivity contribution in [1.82, 2.24) is 10.2 Å². The fourth-order valence-electron chi connectivity index (χ4n) is 4.13. The van der Waals surface area contributed by atoms with Gasteiger partial charge < -0.3 is 19.7 Å². The zero-order valence-corrected chi connectivity index (χ0v) is 18.1. The summed E-state index contributed by atoms with van der Waals surface area (Å²) in [6, 6.07) is 11.6. The van der Waals surface area contributed by atoms with Crippen LogP contribution < -0.4 is 14.8 Å². The van der Waals surface area contributed by atoms with E-state index >= 15 is 0 Å². The smallest absolute Gasteiger partial charge is 0.294 e. The van der Waals surface area contributed by atoms with Crippen LogP contribution in [0.4, 0.5) is 0 Å². The van der Waals surface area contributed by atoms with E-state index in [2.05, 4.69) is 10.2 Å². The van der Waals surface area contributed by atoms with Crippen LogP contribution in [0.1, 0.15) is 28.8 Å². The first-order valence-corrected chi connectivity index (χ1v) is 11.7. The van der Waals surface area contributed by atoms with Crippen molar-refractivity contribution in [3.05, 3.63) is 53.6 Å². The Morgan fingerprint density at radius 2 is 1.74 bits per heavy atom. The van der Waals surface area contributed by atoms with Crippen LogP contribution in [0.3, 0.4) is 0 Å². The van der Waals surface area contributed by atoms with Crippen LogP contribution in [-0.2, 0) is 10.1 Å². The number of carbonyl (C=O) groups excluding carboxylic acids is 1. The molecule has 4 aliphatic rings. The molecule has 2 aromatic carbocycles. The normalized spacial score (nSPS) is 23.6. The van der Waals surface area contributed by atoms with Crippen molar-refractivity contribution in [2.45, 2.75) is 30.7 Å². The van der Waals surface area contributed by atoms with Crippen molar-refractivity contribution in [2.75, 3.05) is 26.4 Å². The number of carbonyl (C=O) groups is 1. The average molecular weight is 447 g/mol. The Bertz CT molecular complexity index is 1050. The first kappa shape index (κ1) is 21.6. The number of fused-ring (bicyclic) bond motifs is 4. The van der Waals surface area contributed by atoms with Crippen LogP contribution in [0.25, 0.3) is 0 Å². The summed E-state index contributed by atoms with van der Waals surface area (Å²) in [4.78, 5) is 14.7. The Balaban J connectivity index is 0.000000180. The van der Waals surface area contributed by atoms with E-state index in [9.17, 15) is 13.2 Å². The standard InChI is InChI=1S/C15H18N2O3.C7H8O3S/c18-15(11-1-2-13-14(7-11)20-9-19-13)16-12-8-17-5-3-10(12)4-6-17;1-6-2-4-7(5-3-6)11(8,9)10/h1-2,7,10,12H,3-6,8-9H2,(H,16,18);2-5H,1H3,(H,8,9,10)/t12-;/m0./s1. The summed E-state index contributed by atoms with van der Waals surface area (Å²) in [6.45, 7) is 5.43. The summed E-state index contributed by atoms with van der Waals surface area (Å²) in [6.07, 6.45) is 2.40. The minimum atomic E-state index is -4.02. The largest absolute Gasteiger partial charge is 0.454 e. The molecule has 0 unspecified atom stereocenters. The molecule has 0 spiro atoms. The molecule has 0 aliphatic carbocycles. The number of ether oxygens (including phenoxy) is 2. The summed E-state index contributed by atoms with van der Waals surface area (Å²) in [5, 5.41) is 3.18. The first-order valence-electron chi connectivity index (χ1n) is 10.3. The van der Waals surface area contributed by atoms with Gasteiger partial charge in [-0.05, 0) is 69.1 Å². The quantitative estimate of drug-likeness (QED) is 0.698. The number of aryl methyl sites for hydroxylation is 1. The van der Waals surface area contributed by atoms with Crippen molar-refractivity contribution in [3.8, 4) is 11.5 Å². The van der Waals surface area contributed by atoms with Crippen molar-refractivity contribution in [1.29, 1.82) is 0 Å². The fraction of sp³-hybridized carbons (Fsp3) is 0.409. The lowest BCUT2D eigenvalue weighted by Gasteiger charge is -2.44. The monoisotopic (exact) mass is 446 g/mol. The van der Waals surface area contributed by atoms with Gasteiger partial charge in [0.2, 0.25) is 6.79 Å². The van der Waals surface area contributed by atoms with Gasteiger partial charge >= 0.3 is 0 Å². The minimum absolute atomic E-state index is 0.0120. The van der Waals surface area contributed by atoms with Crippen LogP contribution in [0.2, 0.25) is 0 Å². The highest BCUT2D eigenvalue weighted by Gasteiger charge is 2.35. The van der Waals surface area contributed by atoms with E-state index in [1.807, 2.05) is 6.92 Å². The van der Waals surface area contributed by atoms with Gasteiger partial charge in [0.25, 0.3) is 16.0 Å². The molecule has 1 amide bonds. The Morgan fingerprint density at radius 1 is 1.06 bits per heavy atom. The zero-order chi connectivity index (χ0) is 22.0. The Kier molecular flexibility index (Phi) is 6.17. The number of rotatable bonds is 3. The van der Waals surface area contributed by atoms with Crippen molar-refractivity contribution in [2.24, 2.45) is 5.92 Å². The molecular formula is C22H26N2O6S. The van der Waals surface area contributed by atoms with E-state index in [1.165, 1.54) is 38.1 Å². The molecule has 2 N–H and O–H groups in total. The van der Waals surface area contributed by atoms with Gasteiger partial charge in [0, 0.05) is 18.2 Å². The molecule has 4 aliphatic heterocycles. The lowest BCUT2D eigenvalue weighted by Crippen LogP contribution is -2.57. The third kappa shape index (κ3) is 5.17. The minimum Gasteiger partial charge on any atom is -0.454 e. The molecule has 4 heterocycles. The van der Waals surface area contributed by atoms with Crippen molar-refractivity contribution in [3.63, 3.8) is 0 Å². The molecule has 1 atom stereocenters. The molecule has 0 aromatic heterocycles. The summed E-state index contributed by atoms with van der Waals surface area (Å²) >= 11 is 0. The van der Waals surface area contributed by atoms with E-state index in [0.29, 0.717) is 23.0 Å². The third-order valence-corrected chi connectivity index (χ3v) is 6.79. The number of nitrogens with zero attached hydrogens (tertiary/aromatic N) is 1. The number of hydrogen-bond acceptors (Lipinski definition) is 6. The summed E-state index contributed by atoms with van der Waals surface area (Å²) in [5.74, 6) is 2.00. The predicted molar refractivity (Wildman–Crippen MR) is 114 cm³/mol. The topological polar surface area (TPSA) is 105 Å². The molecule has 2 bridgehead atoms. The maximum Gasteiger partial charge on any atom is 0.294 e. The number of hydrogen-bond donors (Lipinski definition) is 2. The molecule has 31 heavy (non-hydrogen) atoms. The van der Waals surface area contributed by atoms with Gasteiger partial charge in [0.1, 0.15) is 0 Å². The van der Waals surface area contributed by atoms with E-state index in [0.717, 1.165) is 12.1 Å². The molecule has 2 aromatic rings. The molecule has 8 nitrogen and oxygen atoms in total. The van der Waals surface area contributed by atoms with Gasteiger partial charge in [-0.25, -0.2) is 0 Å². The van der Waals surface area contributed by atoms with E-state index in [1.54, 1.807) is 30.3 Å². The van der Waals surface area contributed by atoms with Crippen LogP contribution in [0, 0.1) is 12.8 Å². The third-order valence-electron chi connectivity index (χ3n) is 5.93. The Labute approximate surface area is 181 Å². The predicted octanol–water partition coefficient (Wildman–Crippen LogP) is 2.48. The van der Waals surface area contributed by atoms with Crippen LogP contribution >= 0.6 is 0 Å². The summed E-state index contributed by atoms with van der Waals surface area (Å²) in [7, 11) is -4.02. The first-order chi connectivity index (χ1) is 14.8. The summed E-state index contributed by atoms with van der Waals surface area (Å²) in [5.41, 5.74) is 1.60. The van der Waals surface area contributed by atoms with Gasteiger partial charge in [-0.15, -0.1) is 0 Å². The number of amides is 1. The molecule has 0 radical (unpaired) electrons.